The molecule has 4 aliphatic carbocycles. The summed E-state index contributed by atoms with van der Waals surface area (Å²) in [6.07, 6.45) is 8.28. The maximum atomic E-state index is 12.6. The van der Waals surface area contributed by atoms with Gasteiger partial charge < -0.3 is 4.84 Å². The summed E-state index contributed by atoms with van der Waals surface area (Å²) in [4.78, 5) is 29.6. The molecule has 5 rings (SSSR count). The van der Waals surface area contributed by atoms with E-state index in [0.29, 0.717) is 13.0 Å². The Kier molecular flexibility index (Phi) is 2.45. The second-order valence-electron chi connectivity index (χ2n) is 7.18. The first-order chi connectivity index (χ1) is 9.14. The fourth-order valence-corrected chi connectivity index (χ4v) is 5.28. The Morgan fingerprint density at radius 1 is 1.11 bits per heavy atom. The lowest BCUT2D eigenvalue weighted by molar-refractivity contribution is -0.212. The van der Waals surface area contributed by atoms with Crippen molar-refractivity contribution in [2.45, 2.75) is 51.4 Å². The summed E-state index contributed by atoms with van der Waals surface area (Å²) in [6, 6.07) is 0. The van der Waals surface area contributed by atoms with Gasteiger partial charge in [0.25, 0.3) is 5.91 Å². The van der Waals surface area contributed by atoms with E-state index < -0.39 is 0 Å². The van der Waals surface area contributed by atoms with Gasteiger partial charge in [-0.25, -0.2) is 4.79 Å². The van der Waals surface area contributed by atoms with Crippen molar-refractivity contribution in [2.75, 3.05) is 6.54 Å². The van der Waals surface area contributed by atoms with Crippen molar-refractivity contribution in [1.82, 2.24) is 5.06 Å². The number of carbonyl (C=O) groups is 2. The monoisotopic (exact) mass is 263 g/mol. The van der Waals surface area contributed by atoms with Crippen molar-refractivity contribution in [3.63, 3.8) is 0 Å². The van der Waals surface area contributed by atoms with E-state index in [1.807, 2.05) is 0 Å². The molecular formula is C15H21NO3. The molecule has 0 aromatic heterocycles. The first kappa shape index (κ1) is 11.7. The topological polar surface area (TPSA) is 46.6 Å². The van der Waals surface area contributed by atoms with Crippen LogP contribution in [0.3, 0.4) is 0 Å². The van der Waals surface area contributed by atoms with Crippen molar-refractivity contribution >= 4 is 11.9 Å². The van der Waals surface area contributed by atoms with Gasteiger partial charge in [-0.2, -0.15) is 5.06 Å². The van der Waals surface area contributed by atoms with Gasteiger partial charge in [-0.15, -0.1) is 0 Å². The van der Waals surface area contributed by atoms with Crippen LogP contribution in [0.1, 0.15) is 51.4 Å². The molecule has 4 nitrogen and oxygen atoms in total. The molecule has 19 heavy (non-hydrogen) atoms. The van der Waals surface area contributed by atoms with Crippen LogP contribution in [-0.2, 0) is 14.4 Å². The predicted octanol–water partition coefficient (Wildman–Crippen LogP) is 2.28. The van der Waals surface area contributed by atoms with E-state index in [-0.39, 0.29) is 17.3 Å². The molecule has 4 heteroatoms. The highest BCUT2D eigenvalue weighted by molar-refractivity contribution is 5.82. The van der Waals surface area contributed by atoms with Crippen molar-refractivity contribution in [3.8, 4) is 0 Å². The van der Waals surface area contributed by atoms with Gasteiger partial charge in [0, 0.05) is 6.42 Å². The fraction of sp³-hybridized carbons (Fsp3) is 0.867. The Balaban J connectivity index is 1.51. The molecule has 104 valence electrons. The number of amides is 1. The standard InChI is InChI=1S/C15H21NO3/c17-13-2-1-3-16(13)19-14(18)15-7-10-4-11(8-15)6-12(5-10)9-15/h10-12H,1-9H2. The minimum absolute atomic E-state index is 0.0296. The van der Waals surface area contributed by atoms with Crippen molar-refractivity contribution in [2.24, 2.45) is 23.2 Å². The molecule has 1 aliphatic heterocycles. The molecule has 1 saturated heterocycles. The van der Waals surface area contributed by atoms with Crippen molar-refractivity contribution in [3.05, 3.63) is 0 Å². The number of hydrogen-bond donors (Lipinski definition) is 0. The normalized spacial score (nSPS) is 43.9. The molecule has 0 aromatic carbocycles. The zero-order chi connectivity index (χ0) is 13.0. The van der Waals surface area contributed by atoms with E-state index in [2.05, 4.69) is 0 Å². The Morgan fingerprint density at radius 3 is 2.16 bits per heavy atom. The number of hydrogen-bond acceptors (Lipinski definition) is 3. The zero-order valence-corrected chi connectivity index (χ0v) is 11.3. The molecule has 0 N–H and O–H groups in total. The molecule has 0 unspecified atom stereocenters. The second-order valence-corrected chi connectivity index (χ2v) is 7.18. The minimum atomic E-state index is -0.252. The summed E-state index contributed by atoms with van der Waals surface area (Å²) in [5.74, 6) is 2.05. The highest BCUT2D eigenvalue weighted by atomic mass is 16.7. The Bertz CT molecular complexity index is 396. The van der Waals surface area contributed by atoms with Crippen LogP contribution in [0.15, 0.2) is 0 Å². The van der Waals surface area contributed by atoms with Crippen molar-refractivity contribution in [1.29, 1.82) is 0 Å². The van der Waals surface area contributed by atoms with Crippen LogP contribution in [0.5, 0.6) is 0 Å². The summed E-state index contributed by atoms with van der Waals surface area (Å²) in [5, 5.41) is 1.31. The highest BCUT2D eigenvalue weighted by Gasteiger charge is 2.56. The summed E-state index contributed by atoms with van der Waals surface area (Å²) >= 11 is 0. The molecule has 1 heterocycles. The Morgan fingerprint density at radius 2 is 1.68 bits per heavy atom. The first-order valence-electron chi connectivity index (χ1n) is 7.67. The summed E-state index contributed by atoms with van der Waals surface area (Å²) < 4.78 is 0. The van der Waals surface area contributed by atoms with Crippen LogP contribution in [0.2, 0.25) is 0 Å². The lowest BCUT2D eigenvalue weighted by Crippen LogP contribution is -2.51. The molecule has 5 fully saturated rings. The summed E-state index contributed by atoms with van der Waals surface area (Å²) in [5.41, 5.74) is -0.252. The van der Waals surface area contributed by atoms with Crippen LogP contribution in [0, 0.1) is 23.2 Å². The van der Waals surface area contributed by atoms with E-state index in [0.717, 1.165) is 43.4 Å². The molecule has 0 atom stereocenters. The van der Waals surface area contributed by atoms with Crippen LogP contribution < -0.4 is 0 Å². The summed E-state index contributed by atoms with van der Waals surface area (Å²) in [7, 11) is 0. The van der Waals surface area contributed by atoms with Gasteiger partial charge in [-0.3, -0.25) is 4.79 Å². The Labute approximate surface area is 113 Å². The van der Waals surface area contributed by atoms with Crippen LogP contribution >= 0.6 is 0 Å². The third-order valence-corrected chi connectivity index (χ3v) is 5.69. The Hall–Kier alpha value is -1.06. The maximum absolute atomic E-state index is 12.6. The lowest BCUT2D eigenvalue weighted by atomic mass is 9.49. The van der Waals surface area contributed by atoms with Gasteiger partial charge in [-0.1, -0.05) is 0 Å². The molecule has 1 amide bonds. The smallest absolute Gasteiger partial charge is 0.338 e. The largest absolute Gasteiger partial charge is 0.338 e. The van der Waals surface area contributed by atoms with E-state index in [4.69, 9.17) is 4.84 Å². The third-order valence-electron chi connectivity index (χ3n) is 5.69. The highest BCUT2D eigenvalue weighted by Crippen LogP contribution is 2.60. The maximum Gasteiger partial charge on any atom is 0.338 e. The van der Waals surface area contributed by atoms with Gasteiger partial charge in [0.15, 0.2) is 0 Å². The SMILES string of the molecule is O=C1CCCN1OC(=O)C12CC3CC(CC(C3)C1)C2. The van der Waals surface area contributed by atoms with E-state index in [1.165, 1.54) is 24.3 Å². The average molecular weight is 263 g/mol. The molecule has 0 radical (unpaired) electrons. The van der Waals surface area contributed by atoms with E-state index in [1.54, 1.807) is 0 Å². The molecule has 0 spiro atoms. The van der Waals surface area contributed by atoms with Gasteiger partial charge in [0.1, 0.15) is 0 Å². The molecule has 4 bridgehead atoms. The molecule has 4 saturated carbocycles. The summed E-state index contributed by atoms with van der Waals surface area (Å²) in [6.45, 7) is 0.580. The van der Waals surface area contributed by atoms with Gasteiger partial charge in [0.2, 0.25) is 0 Å². The fourth-order valence-electron chi connectivity index (χ4n) is 5.28. The second kappa shape index (κ2) is 3.97. The van der Waals surface area contributed by atoms with Crippen LogP contribution in [-0.4, -0.2) is 23.5 Å². The lowest BCUT2D eigenvalue weighted by Gasteiger charge is -2.55. The molecule has 0 aromatic rings. The molecule has 5 aliphatic rings. The van der Waals surface area contributed by atoms with Gasteiger partial charge in [0.05, 0.1) is 12.0 Å². The minimum Gasteiger partial charge on any atom is -0.338 e. The quantitative estimate of drug-likeness (QED) is 0.768. The van der Waals surface area contributed by atoms with Gasteiger partial charge >= 0.3 is 5.97 Å². The van der Waals surface area contributed by atoms with Crippen LogP contribution in [0.4, 0.5) is 0 Å². The number of hydroxylamine groups is 2. The average Bonchev–Trinajstić information content (AvgIpc) is 2.73. The third kappa shape index (κ3) is 1.79. The first-order valence-corrected chi connectivity index (χ1v) is 7.67. The van der Waals surface area contributed by atoms with Gasteiger partial charge in [-0.05, 0) is 62.7 Å². The number of nitrogens with zero attached hydrogens (tertiary/aromatic N) is 1. The van der Waals surface area contributed by atoms with E-state index >= 15 is 0 Å². The molecular weight excluding hydrogens is 242 g/mol. The van der Waals surface area contributed by atoms with Crippen molar-refractivity contribution < 1.29 is 14.4 Å². The van der Waals surface area contributed by atoms with E-state index in [9.17, 15) is 9.59 Å². The van der Waals surface area contributed by atoms with Crippen LogP contribution in [0.25, 0.3) is 0 Å². The predicted molar refractivity (Wildman–Crippen MR) is 67.6 cm³/mol. The number of carbonyl (C=O) groups excluding carboxylic acids is 2. The zero-order valence-electron chi connectivity index (χ0n) is 11.3. The number of rotatable bonds is 2.